The number of fused-ring (bicyclic) bond motifs is 1. The van der Waals surface area contributed by atoms with Crippen molar-refractivity contribution < 1.29 is 9.32 Å². The van der Waals surface area contributed by atoms with Crippen molar-refractivity contribution in [1.29, 1.82) is 0 Å². The number of β-amino-alcohol motifs (C(OH)–C–C–N with tert-alkyl or cyclic N) is 1. The Balaban J connectivity index is 2.04. The van der Waals surface area contributed by atoms with Crippen LogP contribution in [0.1, 0.15) is 5.56 Å². The molecule has 102 valence electrons. The molecule has 0 bridgehead atoms. The topological polar surface area (TPSA) is 69.2 Å². The van der Waals surface area contributed by atoms with Gasteiger partial charge in [-0.3, -0.25) is 9.31 Å². The van der Waals surface area contributed by atoms with Crippen LogP contribution in [0.25, 0.3) is 10.9 Å². The fourth-order valence-electron chi connectivity index (χ4n) is 2.37. The minimum Gasteiger partial charge on any atom is -0.382 e. The lowest BCUT2D eigenvalue weighted by atomic mass is 9.87. The number of halogens is 1. The van der Waals surface area contributed by atoms with Crippen molar-refractivity contribution in [1.82, 2.24) is 14.5 Å². The van der Waals surface area contributed by atoms with Crippen LogP contribution in [0.4, 0.5) is 0 Å². The van der Waals surface area contributed by atoms with E-state index in [1.165, 1.54) is 0 Å². The van der Waals surface area contributed by atoms with Crippen molar-refractivity contribution in [3.8, 4) is 0 Å². The summed E-state index contributed by atoms with van der Waals surface area (Å²) in [6.07, 6.45) is 3.23. The lowest BCUT2D eigenvalue weighted by Crippen LogP contribution is -2.60. The zero-order chi connectivity index (χ0) is 13.8. The molecule has 1 saturated heterocycles. The van der Waals surface area contributed by atoms with E-state index in [-0.39, 0.29) is 13.1 Å². The summed E-state index contributed by atoms with van der Waals surface area (Å²) >= 11 is 6.06. The third-order valence-electron chi connectivity index (χ3n) is 3.44. The largest absolute Gasteiger partial charge is 0.382 e. The number of benzene rings is 1. The van der Waals surface area contributed by atoms with E-state index < -0.39 is 15.3 Å². The highest BCUT2D eigenvalue weighted by Gasteiger charge is 2.46. The molecule has 5 nitrogen and oxygen atoms in total. The Morgan fingerprint density at radius 1 is 1.58 bits per heavy atom. The molecule has 0 spiro atoms. The number of rotatable bonds is 2. The number of aliphatic hydroxyl groups is 1. The molecule has 19 heavy (non-hydrogen) atoms. The van der Waals surface area contributed by atoms with Crippen LogP contribution >= 0.6 is 11.6 Å². The third kappa shape index (κ3) is 2.04. The lowest BCUT2D eigenvalue weighted by molar-refractivity contribution is -0.0617. The Morgan fingerprint density at radius 3 is 2.89 bits per heavy atom. The molecular weight excluding hydrogens is 286 g/mol. The smallest absolute Gasteiger partial charge is 0.119 e. The minimum absolute atomic E-state index is 0.278. The van der Waals surface area contributed by atoms with Crippen LogP contribution in [0.5, 0.6) is 0 Å². The summed E-state index contributed by atoms with van der Waals surface area (Å²) in [6.45, 7) is 0.556. The van der Waals surface area contributed by atoms with Gasteiger partial charge in [0, 0.05) is 45.0 Å². The molecule has 0 radical (unpaired) electrons. The molecule has 1 aromatic heterocycles. The van der Waals surface area contributed by atoms with E-state index in [0.717, 1.165) is 10.9 Å². The molecule has 3 rings (SSSR count). The number of hydrogen-bond donors (Lipinski definition) is 2. The molecule has 1 aliphatic heterocycles. The van der Waals surface area contributed by atoms with Gasteiger partial charge in [-0.05, 0) is 18.0 Å². The van der Waals surface area contributed by atoms with E-state index in [0.29, 0.717) is 10.6 Å². The zero-order valence-electron chi connectivity index (χ0n) is 10.4. The van der Waals surface area contributed by atoms with Gasteiger partial charge in [0.05, 0.1) is 11.7 Å². The summed E-state index contributed by atoms with van der Waals surface area (Å²) < 4.78 is 13.5. The van der Waals surface area contributed by atoms with E-state index >= 15 is 0 Å². The molecule has 0 amide bonds. The van der Waals surface area contributed by atoms with Crippen molar-refractivity contribution in [2.75, 3.05) is 19.3 Å². The molecule has 0 saturated carbocycles. The Morgan fingerprint density at radius 2 is 2.26 bits per heavy atom. The van der Waals surface area contributed by atoms with Gasteiger partial charge in [0.1, 0.15) is 5.60 Å². The fourth-order valence-corrected chi connectivity index (χ4v) is 3.57. The van der Waals surface area contributed by atoms with Crippen LogP contribution in [0.15, 0.2) is 18.3 Å². The molecule has 1 fully saturated rings. The summed E-state index contributed by atoms with van der Waals surface area (Å²) in [5.41, 5.74) is 0.386. The molecule has 0 aliphatic carbocycles. The Bertz CT molecular complexity index is 747. The standard InChI is InChI=1S/C12H14ClN3O2S/c1-19(2,18)16-6-12(17,7-16)10-4-9(13)3-8-5-14-15-11(8)10/h3-5,17H,1,6-7H2,2H3,(H,14,15). The predicted octanol–water partition coefficient (Wildman–Crippen LogP) is 0.981. The van der Waals surface area contributed by atoms with Gasteiger partial charge < -0.3 is 5.11 Å². The molecule has 2 heterocycles. The van der Waals surface area contributed by atoms with Crippen LogP contribution < -0.4 is 0 Å². The van der Waals surface area contributed by atoms with Crippen molar-refractivity contribution in [3.63, 3.8) is 0 Å². The highest BCUT2D eigenvalue weighted by molar-refractivity contribution is 7.97. The first kappa shape index (κ1) is 12.9. The molecule has 1 aliphatic rings. The van der Waals surface area contributed by atoms with Crippen molar-refractivity contribution in [3.05, 3.63) is 28.9 Å². The highest BCUT2D eigenvalue weighted by Crippen LogP contribution is 2.38. The number of nitrogens with one attached hydrogen (secondary N) is 1. The van der Waals surface area contributed by atoms with Crippen molar-refractivity contribution >= 4 is 38.1 Å². The molecule has 2 aromatic rings. The Hall–Kier alpha value is -1.08. The quantitative estimate of drug-likeness (QED) is 0.812. The first-order chi connectivity index (χ1) is 8.79. The number of hydrogen-bond acceptors (Lipinski definition) is 3. The molecule has 1 aromatic carbocycles. The summed E-state index contributed by atoms with van der Waals surface area (Å²) in [5, 5.41) is 18.9. The average molecular weight is 300 g/mol. The molecule has 2 N–H and O–H groups in total. The first-order valence-electron chi connectivity index (χ1n) is 5.72. The van der Waals surface area contributed by atoms with Crippen LogP contribution in [0, 0.1) is 0 Å². The van der Waals surface area contributed by atoms with E-state index in [2.05, 4.69) is 16.1 Å². The number of nitrogens with zero attached hydrogens (tertiary/aromatic N) is 2. The van der Waals surface area contributed by atoms with Gasteiger partial charge in [-0.25, -0.2) is 4.31 Å². The summed E-state index contributed by atoms with van der Waals surface area (Å²) in [4.78, 5) is 0. The fraction of sp³-hybridized carbons (Fsp3) is 0.333. The van der Waals surface area contributed by atoms with Crippen LogP contribution in [-0.2, 0) is 15.3 Å². The van der Waals surface area contributed by atoms with Gasteiger partial charge in [0.15, 0.2) is 0 Å². The second kappa shape index (κ2) is 3.96. The number of H-pyrrole nitrogens is 1. The SMILES string of the molecule is C=S(C)(=O)N1CC(O)(c2cc(Cl)cc3cn[nH]c23)C1. The van der Waals surface area contributed by atoms with E-state index in [1.807, 2.05) is 0 Å². The normalized spacial score (nSPS) is 22.1. The maximum absolute atomic E-state index is 11.8. The number of aromatic amines is 1. The van der Waals surface area contributed by atoms with Gasteiger partial charge in [0.25, 0.3) is 0 Å². The maximum atomic E-state index is 11.8. The van der Waals surface area contributed by atoms with Gasteiger partial charge in [-0.15, -0.1) is 0 Å². The molecule has 1 unspecified atom stereocenters. The van der Waals surface area contributed by atoms with Crippen LogP contribution in [0.2, 0.25) is 5.02 Å². The van der Waals surface area contributed by atoms with Gasteiger partial charge in [-0.2, -0.15) is 5.10 Å². The first-order valence-corrected chi connectivity index (χ1v) is 8.19. The molecular formula is C12H14ClN3O2S. The second-order valence-electron chi connectivity index (χ2n) is 5.08. The summed E-state index contributed by atoms with van der Waals surface area (Å²) in [5.74, 6) is 3.62. The van der Waals surface area contributed by atoms with Crippen LogP contribution in [-0.4, -0.2) is 49.0 Å². The Labute approximate surface area is 116 Å². The highest BCUT2D eigenvalue weighted by atomic mass is 35.5. The van der Waals surface area contributed by atoms with Gasteiger partial charge in [-0.1, -0.05) is 11.6 Å². The van der Waals surface area contributed by atoms with Crippen LogP contribution in [0.3, 0.4) is 0 Å². The summed E-state index contributed by atoms with van der Waals surface area (Å²) in [7, 11) is -2.28. The van der Waals surface area contributed by atoms with E-state index in [1.54, 1.807) is 28.9 Å². The predicted molar refractivity (Wildman–Crippen MR) is 77.8 cm³/mol. The van der Waals surface area contributed by atoms with Gasteiger partial charge >= 0.3 is 0 Å². The zero-order valence-corrected chi connectivity index (χ0v) is 12.0. The average Bonchev–Trinajstić information content (AvgIpc) is 2.69. The summed E-state index contributed by atoms with van der Waals surface area (Å²) in [6, 6.07) is 3.51. The molecule has 1 atom stereocenters. The van der Waals surface area contributed by atoms with Crippen molar-refractivity contribution in [2.24, 2.45) is 0 Å². The van der Waals surface area contributed by atoms with Gasteiger partial charge in [0.2, 0.25) is 0 Å². The molecule has 7 heteroatoms. The van der Waals surface area contributed by atoms with E-state index in [4.69, 9.17) is 11.6 Å². The third-order valence-corrected chi connectivity index (χ3v) is 5.01. The maximum Gasteiger partial charge on any atom is 0.119 e. The van der Waals surface area contributed by atoms with Crippen molar-refractivity contribution in [2.45, 2.75) is 5.60 Å². The van der Waals surface area contributed by atoms with E-state index in [9.17, 15) is 9.32 Å². The second-order valence-corrected chi connectivity index (χ2v) is 7.95. The minimum atomic E-state index is -2.28. The monoisotopic (exact) mass is 299 g/mol. The Kier molecular flexibility index (Phi) is 2.69. The number of aromatic nitrogens is 2. The lowest BCUT2D eigenvalue weighted by Gasteiger charge is -2.47.